The molecular formula is C12H14N2O5S. The Morgan fingerprint density at radius 2 is 2.20 bits per heavy atom. The van der Waals surface area contributed by atoms with E-state index in [-0.39, 0.29) is 18.9 Å². The van der Waals surface area contributed by atoms with Gasteiger partial charge >= 0.3 is 0 Å². The van der Waals surface area contributed by atoms with Crippen LogP contribution in [-0.4, -0.2) is 31.5 Å². The third-order valence-electron chi connectivity index (χ3n) is 2.99. The van der Waals surface area contributed by atoms with Gasteiger partial charge in [-0.15, -0.1) is 0 Å². The number of rotatable bonds is 4. The van der Waals surface area contributed by atoms with Crippen LogP contribution >= 0.6 is 0 Å². The first-order chi connectivity index (χ1) is 9.37. The second-order valence-corrected chi connectivity index (χ2v) is 6.19. The summed E-state index contributed by atoms with van der Waals surface area (Å²) < 4.78 is 26.8. The molecular weight excluding hydrogens is 284 g/mol. The molecule has 1 aliphatic heterocycles. The number of nitrogens with one attached hydrogen (secondary N) is 1. The Hall–Kier alpha value is -1.80. The Bertz CT molecular complexity index is 641. The van der Waals surface area contributed by atoms with Gasteiger partial charge in [-0.05, 0) is 23.6 Å². The van der Waals surface area contributed by atoms with Crippen molar-refractivity contribution in [1.29, 1.82) is 0 Å². The van der Waals surface area contributed by atoms with E-state index in [0.29, 0.717) is 17.5 Å². The van der Waals surface area contributed by atoms with E-state index in [2.05, 4.69) is 10.3 Å². The highest BCUT2D eigenvalue weighted by molar-refractivity contribution is 7.85. The van der Waals surface area contributed by atoms with Crippen LogP contribution in [0.4, 0.5) is 0 Å². The van der Waals surface area contributed by atoms with Gasteiger partial charge in [0, 0.05) is 18.8 Å². The molecule has 1 unspecified atom stereocenters. The zero-order chi connectivity index (χ0) is 14.8. The van der Waals surface area contributed by atoms with Crippen molar-refractivity contribution in [2.24, 2.45) is 0 Å². The first-order valence-electron chi connectivity index (χ1n) is 5.97. The highest BCUT2D eigenvalue weighted by Crippen LogP contribution is 2.27. The Labute approximate surface area is 116 Å². The molecule has 1 N–H and O–H groups in total. The monoisotopic (exact) mass is 298 g/mol. The summed E-state index contributed by atoms with van der Waals surface area (Å²) in [4.78, 5) is 26.9. The first kappa shape index (κ1) is 14.6. The molecule has 1 atom stereocenters. The van der Waals surface area contributed by atoms with Crippen molar-refractivity contribution in [1.82, 2.24) is 10.3 Å². The minimum atomic E-state index is -3.57. The summed E-state index contributed by atoms with van der Waals surface area (Å²) >= 11 is 0. The highest BCUT2D eigenvalue weighted by Gasteiger charge is 2.29. The van der Waals surface area contributed by atoms with E-state index in [1.807, 2.05) is 0 Å². The summed E-state index contributed by atoms with van der Waals surface area (Å²) in [5.41, 5.74) is 1.15. The third-order valence-corrected chi connectivity index (χ3v) is 3.54. The third kappa shape index (κ3) is 3.61. The maximum absolute atomic E-state index is 11.8. The first-order valence-corrected chi connectivity index (χ1v) is 7.79. The lowest BCUT2D eigenvalue weighted by Crippen LogP contribution is -2.39. The number of piperidine rings is 1. The fourth-order valence-electron chi connectivity index (χ4n) is 2.04. The fraction of sp³-hybridized carbons (Fsp3) is 0.417. The lowest BCUT2D eigenvalue weighted by Gasteiger charge is -2.22. The maximum Gasteiger partial charge on any atom is 0.264 e. The van der Waals surface area contributed by atoms with Gasteiger partial charge in [-0.1, -0.05) is 0 Å². The van der Waals surface area contributed by atoms with Crippen molar-refractivity contribution < 1.29 is 22.2 Å². The van der Waals surface area contributed by atoms with Crippen molar-refractivity contribution in [2.75, 3.05) is 6.26 Å². The van der Waals surface area contributed by atoms with Crippen molar-refractivity contribution in [2.45, 2.75) is 25.4 Å². The molecule has 1 aromatic rings. The zero-order valence-electron chi connectivity index (χ0n) is 10.8. The normalized spacial score (nSPS) is 19.8. The van der Waals surface area contributed by atoms with Crippen LogP contribution in [0.25, 0.3) is 0 Å². The number of pyridine rings is 1. The molecule has 0 bridgehead atoms. The number of hydrogen-bond acceptors (Lipinski definition) is 6. The van der Waals surface area contributed by atoms with E-state index in [9.17, 15) is 18.0 Å². The van der Waals surface area contributed by atoms with Gasteiger partial charge in [0.25, 0.3) is 10.1 Å². The molecule has 1 aliphatic rings. The molecule has 1 saturated heterocycles. The molecule has 0 aliphatic carbocycles. The summed E-state index contributed by atoms with van der Waals surface area (Å²) in [7, 11) is -3.57. The second kappa shape index (κ2) is 5.68. The second-order valence-electron chi connectivity index (χ2n) is 4.54. The Morgan fingerprint density at radius 3 is 2.85 bits per heavy atom. The molecule has 2 rings (SSSR count). The minimum Gasteiger partial charge on any atom is -0.296 e. The molecule has 7 nitrogen and oxygen atoms in total. The number of imide groups is 1. The summed E-state index contributed by atoms with van der Waals surface area (Å²) in [5, 5.41) is 2.26. The summed E-state index contributed by atoms with van der Waals surface area (Å²) in [6.07, 6.45) is 4.58. The van der Waals surface area contributed by atoms with Crippen LogP contribution in [0, 0.1) is 0 Å². The quantitative estimate of drug-likeness (QED) is 0.623. The molecule has 1 aromatic heterocycles. The standard InChI is InChI=1S/C12H14N2O5S/c1-20(17,18)19-7-8-4-5-13-6-10(8)9-2-3-11(15)14-12(9)16/h4-6,9H,2-3,7H2,1H3,(H,14,15,16). The fourth-order valence-corrected chi connectivity index (χ4v) is 2.38. The molecule has 20 heavy (non-hydrogen) atoms. The lowest BCUT2D eigenvalue weighted by molar-refractivity contribution is -0.134. The molecule has 1 fully saturated rings. The average molecular weight is 298 g/mol. The number of carbonyl (C=O) groups is 2. The molecule has 2 amide bonds. The van der Waals surface area contributed by atoms with Gasteiger partial charge in [0.2, 0.25) is 11.8 Å². The van der Waals surface area contributed by atoms with Crippen LogP contribution in [0.5, 0.6) is 0 Å². The summed E-state index contributed by atoms with van der Waals surface area (Å²) in [6.45, 7) is -0.158. The van der Waals surface area contributed by atoms with Crippen molar-refractivity contribution in [3.05, 3.63) is 29.6 Å². The van der Waals surface area contributed by atoms with Crippen LogP contribution < -0.4 is 5.32 Å². The number of hydrogen-bond donors (Lipinski definition) is 1. The van der Waals surface area contributed by atoms with Crippen LogP contribution in [-0.2, 0) is 30.5 Å². The average Bonchev–Trinajstić information content (AvgIpc) is 2.36. The molecule has 8 heteroatoms. The van der Waals surface area contributed by atoms with Crippen molar-refractivity contribution in [3.8, 4) is 0 Å². The Kier molecular flexibility index (Phi) is 4.15. The van der Waals surface area contributed by atoms with E-state index in [0.717, 1.165) is 6.26 Å². The van der Waals surface area contributed by atoms with Crippen LogP contribution in [0.2, 0.25) is 0 Å². The van der Waals surface area contributed by atoms with Gasteiger partial charge < -0.3 is 0 Å². The van der Waals surface area contributed by atoms with Gasteiger partial charge in [0.1, 0.15) is 0 Å². The van der Waals surface area contributed by atoms with Gasteiger partial charge in [-0.25, -0.2) is 0 Å². The van der Waals surface area contributed by atoms with E-state index in [1.54, 1.807) is 6.07 Å². The largest absolute Gasteiger partial charge is 0.296 e. The molecule has 0 spiro atoms. The van der Waals surface area contributed by atoms with Gasteiger partial charge in [0.05, 0.1) is 18.8 Å². The molecule has 0 saturated carbocycles. The summed E-state index contributed by atoms with van der Waals surface area (Å²) in [6, 6.07) is 1.60. The SMILES string of the molecule is CS(=O)(=O)OCc1ccncc1C1CCC(=O)NC1=O. The van der Waals surface area contributed by atoms with Gasteiger partial charge in [-0.3, -0.25) is 24.1 Å². The highest BCUT2D eigenvalue weighted by atomic mass is 32.2. The van der Waals surface area contributed by atoms with Crippen molar-refractivity contribution in [3.63, 3.8) is 0 Å². The Morgan fingerprint density at radius 1 is 1.45 bits per heavy atom. The molecule has 108 valence electrons. The van der Waals surface area contributed by atoms with Crippen LogP contribution in [0.1, 0.15) is 29.9 Å². The molecule has 0 radical (unpaired) electrons. The smallest absolute Gasteiger partial charge is 0.264 e. The Balaban J connectivity index is 2.23. The number of nitrogens with zero attached hydrogens (tertiary/aromatic N) is 1. The maximum atomic E-state index is 11.8. The van der Waals surface area contributed by atoms with E-state index in [1.165, 1.54) is 12.4 Å². The van der Waals surface area contributed by atoms with Gasteiger partial charge in [0.15, 0.2) is 0 Å². The number of carbonyl (C=O) groups excluding carboxylic acids is 2. The topological polar surface area (TPSA) is 102 Å². The lowest BCUT2D eigenvalue weighted by atomic mass is 9.89. The number of aromatic nitrogens is 1. The number of amides is 2. The van der Waals surface area contributed by atoms with Crippen molar-refractivity contribution >= 4 is 21.9 Å². The molecule has 2 heterocycles. The van der Waals surface area contributed by atoms with E-state index < -0.39 is 21.9 Å². The van der Waals surface area contributed by atoms with Gasteiger partial charge in [-0.2, -0.15) is 8.42 Å². The van der Waals surface area contributed by atoms with Crippen LogP contribution in [0.15, 0.2) is 18.5 Å². The minimum absolute atomic E-state index is 0.158. The van der Waals surface area contributed by atoms with Crippen LogP contribution in [0.3, 0.4) is 0 Å². The van der Waals surface area contributed by atoms with E-state index >= 15 is 0 Å². The predicted octanol–water partition coefficient (Wildman–Crippen LogP) is 0.0780. The predicted molar refractivity (Wildman–Crippen MR) is 69.0 cm³/mol. The molecule has 0 aromatic carbocycles. The summed E-state index contributed by atoms with van der Waals surface area (Å²) in [5.74, 6) is -1.21. The zero-order valence-corrected chi connectivity index (χ0v) is 11.6. The van der Waals surface area contributed by atoms with E-state index in [4.69, 9.17) is 4.18 Å².